The number of ether oxygens (including phenoxy) is 1. The standard InChI is InChI=1S/C28H28N4O5S.ClH/c1-2-37-27(34)18-32-17-24(26(33)15-10-19-8-11-20(12-9-19)28(29)30)23-16-21(13-14-25(23)32)31-38(35,36)22-6-4-3-5-7-22;/h3-9,11-14,16-17,31H,2,10,15,18H2,1H3,(H3,29,30);1H. The van der Waals surface area contributed by atoms with Crippen molar-refractivity contribution in [1.82, 2.24) is 4.57 Å². The number of hydrogen-bond donors (Lipinski definition) is 3. The van der Waals surface area contributed by atoms with Gasteiger partial charge >= 0.3 is 5.97 Å². The highest BCUT2D eigenvalue weighted by Gasteiger charge is 2.19. The summed E-state index contributed by atoms with van der Waals surface area (Å²) < 4.78 is 35.0. The van der Waals surface area contributed by atoms with Crippen LogP contribution in [0.15, 0.2) is 83.9 Å². The van der Waals surface area contributed by atoms with Crippen LogP contribution in [0.4, 0.5) is 5.69 Å². The topological polar surface area (TPSA) is 144 Å². The van der Waals surface area contributed by atoms with Crippen LogP contribution < -0.4 is 10.5 Å². The van der Waals surface area contributed by atoms with Crippen LogP contribution in [-0.2, 0) is 32.5 Å². The normalized spacial score (nSPS) is 11.0. The van der Waals surface area contributed by atoms with Crippen molar-refractivity contribution in [3.8, 4) is 0 Å². The first-order chi connectivity index (χ1) is 18.2. The summed E-state index contributed by atoms with van der Waals surface area (Å²) in [6.07, 6.45) is 2.26. The van der Waals surface area contributed by atoms with Gasteiger partial charge in [-0.25, -0.2) is 8.42 Å². The van der Waals surface area contributed by atoms with Crippen molar-refractivity contribution in [1.29, 1.82) is 5.41 Å². The number of fused-ring (bicyclic) bond motifs is 1. The maximum Gasteiger partial charge on any atom is 0.325 e. The summed E-state index contributed by atoms with van der Waals surface area (Å²) >= 11 is 0. The fourth-order valence-corrected chi connectivity index (χ4v) is 5.19. The summed E-state index contributed by atoms with van der Waals surface area (Å²) in [4.78, 5) is 25.6. The number of carbonyl (C=O) groups excluding carboxylic acids is 2. The molecule has 4 aromatic rings. The maximum absolute atomic E-state index is 13.3. The summed E-state index contributed by atoms with van der Waals surface area (Å²) in [5, 5.41) is 8.04. The van der Waals surface area contributed by atoms with Crippen molar-refractivity contribution in [2.45, 2.75) is 31.2 Å². The summed E-state index contributed by atoms with van der Waals surface area (Å²) in [5.74, 6) is -0.625. The summed E-state index contributed by atoms with van der Waals surface area (Å²) in [7, 11) is -3.83. The van der Waals surface area contributed by atoms with Crippen molar-refractivity contribution in [2.75, 3.05) is 11.3 Å². The zero-order chi connectivity index (χ0) is 27.3. The quantitative estimate of drug-likeness (QED) is 0.105. The van der Waals surface area contributed by atoms with Gasteiger partial charge in [-0.15, -0.1) is 12.4 Å². The Kier molecular flexibility index (Phi) is 9.50. The molecule has 0 atom stereocenters. The third-order valence-electron chi connectivity index (χ3n) is 6.00. The van der Waals surface area contributed by atoms with Crippen molar-refractivity contribution >= 4 is 56.6 Å². The maximum atomic E-state index is 13.3. The minimum Gasteiger partial charge on any atom is -0.465 e. The Bertz CT molecular complexity index is 1600. The molecule has 1 aromatic heterocycles. The van der Waals surface area contributed by atoms with E-state index in [2.05, 4.69) is 4.72 Å². The summed E-state index contributed by atoms with van der Waals surface area (Å²) in [6.45, 7) is 1.87. The monoisotopic (exact) mass is 568 g/mol. The molecule has 0 radical (unpaired) electrons. The Labute approximate surface area is 232 Å². The number of esters is 1. The smallest absolute Gasteiger partial charge is 0.325 e. The van der Waals surface area contributed by atoms with E-state index in [1.54, 1.807) is 66.2 Å². The van der Waals surface area contributed by atoms with Gasteiger partial charge in [0.15, 0.2) is 5.78 Å². The molecule has 0 aliphatic heterocycles. The predicted octanol–water partition coefficient (Wildman–Crippen LogP) is 4.53. The average molecular weight is 569 g/mol. The molecule has 4 rings (SSSR count). The number of sulfonamides is 1. The lowest BCUT2D eigenvalue weighted by atomic mass is 10.0. The lowest BCUT2D eigenvalue weighted by molar-refractivity contribution is -0.143. The lowest BCUT2D eigenvalue weighted by Crippen LogP contribution is -2.13. The first kappa shape index (κ1) is 29.4. The number of ketones is 1. The van der Waals surface area contributed by atoms with E-state index in [4.69, 9.17) is 15.9 Å². The van der Waals surface area contributed by atoms with Gasteiger partial charge in [0.1, 0.15) is 12.4 Å². The number of halogens is 1. The van der Waals surface area contributed by atoms with Gasteiger partial charge in [-0.2, -0.15) is 0 Å². The van der Waals surface area contributed by atoms with Crippen LogP contribution >= 0.6 is 12.4 Å². The Morgan fingerprint density at radius 2 is 1.72 bits per heavy atom. The SMILES string of the molecule is CCOC(=O)Cn1cc(C(=O)CCc2ccc(C(=N)N)cc2)c2cc(NS(=O)(=O)c3ccccc3)ccc21.Cl. The van der Waals surface area contributed by atoms with E-state index in [9.17, 15) is 18.0 Å². The number of nitrogens with two attached hydrogens (primary N) is 1. The third-order valence-corrected chi connectivity index (χ3v) is 7.39. The Morgan fingerprint density at radius 3 is 2.36 bits per heavy atom. The van der Waals surface area contributed by atoms with Crippen LogP contribution in [0.5, 0.6) is 0 Å². The van der Waals surface area contributed by atoms with E-state index < -0.39 is 16.0 Å². The number of rotatable bonds is 11. The number of nitrogens with zero attached hydrogens (tertiary/aromatic N) is 1. The van der Waals surface area contributed by atoms with Crippen molar-refractivity contribution < 1.29 is 22.7 Å². The minimum atomic E-state index is -3.83. The number of nitrogen functional groups attached to an aromatic ring is 1. The van der Waals surface area contributed by atoms with Gasteiger partial charge in [0, 0.05) is 40.3 Å². The molecule has 0 bridgehead atoms. The predicted molar refractivity (Wildman–Crippen MR) is 153 cm³/mol. The molecular formula is C28H29ClN4O5S. The van der Waals surface area contributed by atoms with Gasteiger partial charge < -0.3 is 15.0 Å². The first-order valence-electron chi connectivity index (χ1n) is 12.0. The van der Waals surface area contributed by atoms with Crippen LogP contribution in [0, 0.1) is 5.41 Å². The average Bonchev–Trinajstić information content (AvgIpc) is 3.25. The molecule has 0 amide bonds. The van der Waals surface area contributed by atoms with E-state index in [0.29, 0.717) is 34.1 Å². The lowest BCUT2D eigenvalue weighted by Gasteiger charge is -2.09. The van der Waals surface area contributed by atoms with Gasteiger partial charge in [-0.1, -0.05) is 42.5 Å². The van der Waals surface area contributed by atoms with E-state index in [0.717, 1.165) is 5.56 Å². The van der Waals surface area contributed by atoms with Crippen LogP contribution in [0.3, 0.4) is 0 Å². The molecule has 0 fully saturated rings. The minimum absolute atomic E-state index is 0. The van der Waals surface area contributed by atoms with E-state index in [1.807, 2.05) is 12.1 Å². The Morgan fingerprint density at radius 1 is 1.03 bits per heavy atom. The van der Waals surface area contributed by atoms with Gasteiger partial charge in [-0.05, 0) is 49.2 Å². The number of hydrogen-bond acceptors (Lipinski definition) is 6. The molecule has 0 saturated heterocycles. The fraction of sp³-hybridized carbons (Fsp3) is 0.179. The molecular weight excluding hydrogens is 540 g/mol. The third kappa shape index (κ3) is 7.04. The second-order valence-electron chi connectivity index (χ2n) is 8.66. The van der Waals surface area contributed by atoms with Gasteiger partial charge in [0.05, 0.1) is 11.5 Å². The van der Waals surface area contributed by atoms with Gasteiger partial charge in [-0.3, -0.25) is 19.7 Å². The highest BCUT2D eigenvalue weighted by molar-refractivity contribution is 7.92. The van der Waals surface area contributed by atoms with Crippen LogP contribution in [0.1, 0.15) is 34.8 Å². The number of amidine groups is 1. The number of Topliss-reactive ketones (excluding diaryl/α,β-unsaturated/α-hetero) is 1. The Balaban J connectivity index is 0.00000420. The highest BCUT2D eigenvalue weighted by Crippen LogP contribution is 2.28. The second-order valence-corrected chi connectivity index (χ2v) is 10.3. The number of benzene rings is 3. The molecule has 9 nitrogen and oxygen atoms in total. The van der Waals surface area contributed by atoms with Crippen LogP contribution in [-0.4, -0.2) is 37.2 Å². The van der Waals surface area contributed by atoms with E-state index in [1.165, 1.54) is 12.1 Å². The molecule has 39 heavy (non-hydrogen) atoms. The number of carbonyl (C=O) groups is 2. The molecule has 0 spiro atoms. The first-order valence-corrected chi connectivity index (χ1v) is 13.5. The number of aromatic nitrogens is 1. The zero-order valence-electron chi connectivity index (χ0n) is 21.2. The van der Waals surface area contributed by atoms with Crippen LogP contribution in [0.25, 0.3) is 10.9 Å². The molecule has 0 saturated carbocycles. The largest absolute Gasteiger partial charge is 0.465 e. The van der Waals surface area contributed by atoms with Gasteiger partial charge in [0.2, 0.25) is 0 Å². The number of anilines is 1. The van der Waals surface area contributed by atoms with Gasteiger partial charge in [0.25, 0.3) is 10.0 Å². The molecule has 0 aliphatic carbocycles. The molecule has 0 aliphatic rings. The summed E-state index contributed by atoms with van der Waals surface area (Å²) in [6, 6.07) is 20.0. The highest BCUT2D eigenvalue weighted by atomic mass is 35.5. The second kappa shape index (κ2) is 12.6. The summed E-state index contributed by atoms with van der Waals surface area (Å²) in [5.41, 5.74) is 8.30. The van der Waals surface area contributed by atoms with E-state index >= 15 is 0 Å². The van der Waals surface area contributed by atoms with Crippen molar-refractivity contribution in [3.05, 3.63) is 95.7 Å². The molecule has 204 valence electrons. The van der Waals surface area contributed by atoms with E-state index in [-0.39, 0.29) is 48.5 Å². The molecule has 0 unspecified atom stereocenters. The molecule has 1 heterocycles. The molecule has 11 heteroatoms. The van der Waals surface area contributed by atoms with Crippen LogP contribution in [0.2, 0.25) is 0 Å². The fourth-order valence-electron chi connectivity index (χ4n) is 4.12. The molecule has 4 N–H and O–H groups in total. The van der Waals surface area contributed by atoms with Crippen molar-refractivity contribution in [2.24, 2.45) is 5.73 Å². The number of nitrogens with one attached hydrogen (secondary N) is 2. The zero-order valence-corrected chi connectivity index (χ0v) is 22.8. The Hall–Kier alpha value is -4.15. The van der Waals surface area contributed by atoms with Crippen molar-refractivity contribution in [3.63, 3.8) is 0 Å². The molecule has 3 aromatic carbocycles. The number of aryl methyl sites for hydroxylation is 1.